The molecule has 3 aliphatic rings. The van der Waals surface area contributed by atoms with E-state index in [1.54, 1.807) is 10.9 Å². The fourth-order valence-corrected chi connectivity index (χ4v) is 7.37. The summed E-state index contributed by atoms with van der Waals surface area (Å²) in [5, 5.41) is 12.5. The summed E-state index contributed by atoms with van der Waals surface area (Å²) in [5.74, 6) is 3.96. The molecule has 57 heavy (non-hydrogen) atoms. The molecule has 2 fully saturated rings. The van der Waals surface area contributed by atoms with Crippen molar-refractivity contribution in [2.45, 2.75) is 63.2 Å². The molecule has 16 nitrogen and oxygen atoms in total. The summed E-state index contributed by atoms with van der Waals surface area (Å²) in [6, 6.07) is 6.35. The molecule has 1 aliphatic carbocycles. The van der Waals surface area contributed by atoms with Crippen molar-refractivity contribution >= 4 is 36.0 Å². The Morgan fingerprint density at radius 1 is 1.04 bits per heavy atom. The normalized spacial score (nSPS) is 17.9. The van der Waals surface area contributed by atoms with Crippen molar-refractivity contribution in [2.75, 3.05) is 97.5 Å². The summed E-state index contributed by atoms with van der Waals surface area (Å²) in [4.78, 5) is 29.4. The Balaban J connectivity index is 0.000000954. The van der Waals surface area contributed by atoms with E-state index in [2.05, 4.69) is 51.5 Å². The smallest absolute Gasteiger partial charge is 0.350 e. The molecule has 2 aliphatic heterocycles. The molecule has 0 bridgehead atoms. The van der Waals surface area contributed by atoms with Crippen LogP contribution in [0, 0.1) is 12.3 Å². The Morgan fingerprint density at radius 2 is 1.72 bits per heavy atom. The summed E-state index contributed by atoms with van der Waals surface area (Å²) < 4.78 is 51.8. The minimum atomic E-state index is -4.24. The van der Waals surface area contributed by atoms with Crippen LogP contribution in [0.4, 0.5) is 5.82 Å². The Labute approximate surface area is 339 Å². The van der Waals surface area contributed by atoms with Crippen molar-refractivity contribution in [2.24, 2.45) is 0 Å². The standard InChI is InChI=1S/C33H43ClN5O10P.C5H10.CH4O/c1-2-9-43-10-11-44-12-13-45-14-15-46-16-17-48-25-4-3-24-7-8-33(28(24)18-25)21-38(22-33)30-27-19-35-39(31(27)37-32(34)36-30)29-6-5-26(49-29)20-47-23-50(40,41)42;1-3-5-4-2;1-2/h1,3-4,18-19,26,29H,5-17,20-23H2,(H2,40,41,42);3H,1,4-5H2,2H3;2H,1H3. The third-order valence-corrected chi connectivity index (χ3v) is 10.1. The average Bonchev–Trinajstić information content (AvgIpc) is 3.92. The van der Waals surface area contributed by atoms with Gasteiger partial charge in [0.1, 0.15) is 31.1 Å². The van der Waals surface area contributed by atoms with Crippen LogP contribution in [0.1, 0.15) is 56.4 Å². The van der Waals surface area contributed by atoms with Crippen molar-refractivity contribution in [1.29, 1.82) is 0 Å². The third-order valence-electron chi connectivity index (χ3n) is 9.43. The Hall–Kier alpha value is -3.17. The monoisotopic (exact) mass is 837 g/mol. The van der Waals surface area contributed by atoms with Gasteiger partial charge in [-0.2, -0.15) is 15.1 Å². The van der Waals surface area contributed by atoms with Crippen molar-refractivity contribution in [3.63, 3.8) is 0 Å². The van der Waals surface area contributed by atoms with Gasteiger partial charge in [-0.1, -0.05) is 31.4 Å². The van der Waals surface area contributed by atoms with E-state index in [4.69, 9.17) is 66.1 Å². The number of nitrogens with zero attached hydrogens (tertiary/aromatic N) is 5. The number of allylic oxidation sites excluding steroid dienone is 1. The highest BCUT2D eigenvalue weighted by atomic mass is 35.5. The molecule has 0 amide bonds. The lowest BCUT2D eigenvalue weighted by atomic mass is 9.74. The largest absolute Gasteiger partial charge is 0.491 e. The number of aromatic nitrogens is 4. The van der Waals surface area contributed by atoms with Gasteiger partial charge in [-0.15, -0.1) is 13.0 Å². The number of aliphatic hydroxyl groups excluding tert-OH is 1. The molecule has 2 atom stereocenters. The van der Waals surface area contributed by atoms with E-state index in [0.29, 0.717) is 78.0 Å². The Morgan fingerprint density at radius 3 is 2.35 bits per heavy atom. The Kier molecular flexibility index (Phi) is 19.6. The Bertz CT molecular complexity index is 1760. The highest BCUT2D eigenvalue weighted by Crippen LogP contribution is 2.49. The second kappa shape index (κ2) is 24.0. The van der Waals surface area contributed by atoms with Crippen LogP contribution in [-0.4, -0.2) is 133 Å². The number of anilines is 1. The van der Waals surface area contributed by atoms with Crippen molar-refractivity contribution in [3.05, 3.63) is 53.5 Å². The predicted molar refractivity (Wildman–Crippen MR) is 216 cm³/mol. The number of aliphatic hydroxyl groups is 1. The molecule has 2 unspecified atom stereocenters. The highest BCUT2D eigenvalue weighted by Gasteiger charge is 2.49. The minimum Gasteiger partial charge on any atom is -0.491 e. The molecular formula is C39H57ClN5O11P. The summed E-state index contributed by atoms with van der Waals surface area (Å²) in [7, 11) is -3.24. The van der Waals surface area contributed by atoms with E-state index < -0.39 is 20.2 Å². The number of hydrogen-bond acceptors (Lipinski definition) is 13. The van der Waals surface area contributed by atoms with Gasteiger partial charge in [-0.05, 0) is 67.0 Å². The maximum atomic E-state index is 11.1. The first-order chi connectivity index (χ1) is 27.7. The van der Waals surface area contributed by atoms with Crippen LogP contribution in [0.15, 0.2) is 37.1 Å². The second-order valence-electron chi connectivity index (χ2n) is 13.6. The van der Waals surface area contributed by atoms with Crippen LogP contribution in [0.25, 0.3) is 11.0 Å². The number of ether oxygens (including phenoxy) is 7. The minimum absolute atomic E-state index is 0.00438. The van der Waals surface area contributed by atoms with Crippen molar-refractivity contribution < 1.29 is 52.6 Å². The van der Waals surface area contributed by atoms with Gasteiger partial charge in [0, 0.05) is 25.6 Å². The van der Waals surface area contributed by atoms with Gasteiger partial charge >= 0.3 is 7.60 Å². The molecule has 3 N–H and O–H groups in total. The maximum Gasteiger partial charge on any atom is 0.350 e. The highest BCUT2D eigenvalue weighted by molar-refractivity contribution is 7.51. The molecule has 316 valence electrons. The molecular weight excluding hydrogens is 781 g/mol. The van der Waals surface area contributed by atoms with Gasteiger partial charge < -0.3 is 53.0 Å². The van der Waals surface area contributed by atoms with Crippen molar-refractivity contribution in [3.8, 4) is 18.1 Å². The lowest BCUT2D eigenvalue weighted by Gasteiger charge is -2.49. The molecule has 4 heterocycles. The molecule has 3 aromatic rings. The van der Waals surface area contributed by atoms with Crippen LogP contribution in [0.3, 0.4) is 0 Å². The van der Waals surface area contributed by atoms with E-state index in [1.807, 2.05) is 12.1 Å². The summed E-state index contributed by atoms with van der Waals surface area (Å²) in [6.45, 7) is 11.4. The number of unbranched alkanes of at least 4 members (excludes halogenated alkanes) is 1. The molecule has 0 radical (unpaired) electrons. The maximum absolute atomic E-state index is 11.1. The number of terminal acetylenes is 1. The second-order valence-corrected chi connectivity index (χ2v) is 15.5. The first-order valence-electron chi connectivity index (χ1n) is 19.2. The zero-order chi connectivity index (χ0) is 41.1. The van der Waals surface area contributed by atoms with E-state index in [0.717, 1.165) is 56.4 Å². The quantitative estimate of drug-likeness (QED) is 0.0416. The van der Waals surface area contributed by atoms with E-state index in [9.17, 15) is 4.57 Å². The van der Waals surface area contributed by atoms with Gasteiger partial charge in [0.25, 0.3) is 0 Å². The van der Waals surface area contributed by atoms with Gasteiger partial charge in [0.2, 0.25) is 5.28 Å². The lowest BCUT2D eigenvalue weighted by Crippen LogP contribution is -2.58. The van der Waals surface area contributed by atoms with Crippen LogP contribution in [0.2, 0.25) is 5.28 Å². The molecule has 1 aromatic carbocycles. The molecule has 2 aromatic heterocycles. The SMILES string of the molecule is C#CCOCCOCCOCCOCCOc1ccc2c(c1)C1(CC2)CN(c2nc(Cl)nc3c2cnn3C2CCC(COCP(=O)(O)O)O2)C1.C=CCCC.CO. The first-order valence-corrected chi connectivity index (χ1v) is 21.3. The molecule has 2 saturated heterocycles. The van der Waals surface area contributed by atoms with Gasteiger partial charge in [-0.25, -0.2) is 4.68 Å². The van der Waals surface area contributed by atoms with Crippen LogP contribution >= 0.6 is 19.2 Å². The summed E-state index contributed by atoms with van der Waals surface area (Å²) in [6.07, 6.45) is 13.2. The summed E-state index contributed by atoms with van der Waals surface area (Å²) in [5.41, 5.74) is 3.22. The van der Waals surface area contributed by atoms with E-state index >= 15 is 0 Å². The zero-order valence-corrected chi connectivity index (χ0v) is 34.6. The molecule has 1 spiro atoms. The topological polar surface area (TPSA) is 189 Å². The fraction of sp³-hybridized carbons (Fsp3) is 0.615. The number of aryl methyl sites for hydroxylation is 1. The summed E-state index contributed by atoms with van der Waals surface area (Å²) >= 11 is 6.44. The van der Waals surface area contributed by atoms with Gasteiger partial charge in [0.15, 0.2) is 11.9 Å². The van der Waals surface area contributed by atoms with Crippen LogP contribution in [0.5, 0.6) is 5.75 Å². The number of fused-ring (bicyclic) bond motifs is 3. The number of rotatable bonds is 22. The van der Waals surface area contributed by atoms with Gasteiger partial charge in [-0.3, -0.25) is 4.57 Å². The van der Waals surface area contributed by atoms with Crippen LogP contribution < -0.4 is 9.64 Å². The van der Waals surface area contributed by atoms with E-state index in [1.165, 1.54) is 17.5 Å². The van der Waals surface area contributed by atoms with Crippen molar-refractivity contribution in [1.82, 2.24) is 19.7 Å². The first kappa shape index (κ1) is 46.5. The third kappa shape index (κ3) is 14.0. The van der Waals surface area contributed by atoms with Crippen LogP contribution in [-0.2, 0) is 44.8 Å². The van der Waals surface area contributed by atoms with E-state index in [-0.39, 0.29) is 23.4 Å². The predicted octanol–water partition coefficient (Wildman–Crippen LogP) is 4.67. The van der Waals surface area contributed by atoms with Gasteiger partial charge in [0.05, 0.1) is 70.5 Å². The average molecular weight is 838 g/mol. The molecule has 0 saturated carbocycles. The number of benzene rings is 1. The number of halogens is 1. The fourth-order valence-electron chi connectivity index (χ4n) is 6.87. The molecule has 6 rings (SSSR count). The zero-order valence-electron chi connectivity index (χ0n) is 32.9. The molecule has 18 heteroatoms. The number of hydrogen-bond donors (Lipinski definition) is 3. The lowest BCUT2D eigenvalue weighted by molar-refractivity contribution is -0.0391.